The first kappa shape index (κ1) is 14.4. The highest BCUT2D eigenvalue weighted by molar-refractivity contribution is 5.28. The molecular formula is C16H25NO2. The molecule has 0 amide bonds. The zero-order valence-electron chi connectivity index (χ0n) is 11.6. The minimum Gasteiger partial charge on any atom is -0.493 e. The van der Waals surface area contributed by atoms with Crippen LogP contribution < -0.4 is 10.5 Å². The maximum absolute atomic E-state index is 9.92. The normalized spacial score (nSPS) is 23.3. The van der Waals surface area contributed by atoms with Gasteiger partial charge in [-0.2, -0.15) is 0 Å². The molecule has 0 aliphatic heterocycles. The van der Waals surface area contributed by atoms with Gasteiger partial charge in [-0.05, 0) is 49.9 Å². The fourth-order valence-electron chi connectivity index (χ4n) is 2.68. The topological polar surface area (TPSA) is 55.5 Å². The average molecular weight is 263 g/mol. The van der Waals surface area contributed by atoms with Gasteiger partial charge in [-0.3, -0.25) is 0 Å². The highest BCUT2D eigenvalue weighted by Gasteiger charge is 2.23. The van der Waals surface area contributed by atoms with Crippen LogP contribution in [0.25, 0.3) is 0 Å². The van der Waals surface area contributed by atoms with Crippen LogP contribution >= 0.6 is 0 Å². The number of aliphatic hydroxyl groups is 1. The number of hydrogen-bond acceptors (Lipinski definition) is 3. The summed E-state index contributed by atoms with van der Waals surface area (Å²) in [5.74, 6) is 1.20. The minimum atomic E-state index is -0.186. The van der Waals surface area contributed by atoms with Crippen LogP contribution in [0.15, 0.2) is 24.3 Å². The van der Waals surface area contributed by atoms with Gasteiger partial charge in [0.1, 0.15) is 5.75 Å². The SMILES string of the molecule is NCCCc1cccc(OC[C@H]2CCCC[C@H]2O)c1. The van der Waals surface area contributed by atoms with E-state index in [9.17, 15) is 5.11 Å². The van der Waals surface area contributed by atoms with E-state index in [0.29, 0.717) is 12.5 Å². The van der Waals surface area contributed by atoms with Gasteiger partial charge < -0.3 is 15.6 Å². The second-order valence-corrected chi connectivity index (χ2v) is 5.46. The third kappa shape index (κ3) is 4.51. The molecule has 1 aliphatic rings. The smallest absolute Gasteiger partial charge is 0.119 e. The summed E-state index contributed by atoms with van der Waals surface area (Å²) in [4.78, 5) is 0. The highest BCUT2D eigenvalue weighted by atomic mass is 16.5. The van der Waals surface area contributed by atoms with Gasteiger partial charge in [-0.15, -0.1) is 0 Å². The van der Waals surface area contributed by atoms with Crippen molar-refractivity contribution in [1.82, 2.24) is 0 Å². The fraction of sp³-hybridized carbons (Fsp3) is 0.625. The molecule has 19 heavy (non-hydrogen) atoms. The second-order valence-electron chi connectivity index (χ2n) is 5.46. The number of hydrogen-bond donors (Lipinski definition) is 2. The molecular weight excluding hydrogens is 238 g/mol. The summed E-state index contributed by atoms with van der Waals surface area (Å²) >= 11 is 0. The molecule has 2 atom stereocenters. The monoisotopic (exact) mass is 263 g/mol. The van der Waals surface area contributed by atoms with Crippen LogP contribution in [-0.4, -0.2) is 24.4 Å². The summed E-state index contributed by atoms with van der Waals surface area (Å²) in [6.45, 7) is 1.35. The lowest BCUT2D eigenvalue weighted by Gasteiger charge is -2.27. The Hall–Kier alpha value is -1.06. The molecule has 1 aromatic carbocycles. The Morgan fingerprint density at radius 3 is 2.89 bits per heavy atom. The minimum absolute atomic E-state index is 0.186. The second kappa shape index (κ2) is 7.51. The van der Waals surface area contributed by atoms with Gasteiger partial charge in [0.15, 0.2) is 0 Å². The summed E-state index contributed by atoms with van der Waals surface area (Å²) in [5.41, 5.74) is 6.80. The molecule has 106 valence electrons. The first-order chi connectivity index (χ1) is 9.29. The van der Waals surface area contributed by atoms with Gasteiger partial charge in [-0.1, -0.05) is 25.0 Å². The Labute approximate surface area is 115 Å². The molecule has 1 fully saturated rings. The van der Waals surface area contributed by atoms with Crippen LogP contribution in [0.3, 0.4) is 0 Å². The van der Waals surface area contributed by atoms with E-state index in [-0.39, 0.29) is 6.10 Å². The first-order valence-electron chi connectivity index (χ1n) is 7.39. The highest BCUT2D eigenvalue weighted by Crippen LogP contribution is 2.25. The Balaban J connectivity index is 1.84. The number of benzene rings is 1. The van der Waals surface area contributed by atoms with Crippen LogP contribution in [0.4, 0.5) is 0 Å². The Kier molecular flexibility index (Phi) is 5.67. The standard InChI is InChI=1S/C16H25NO2/c17-10-4-6-13-5-3-8-15(11-13)19-12-14-7-1-2-9-16(14)18/h3,5,8,11,14,16,18H,1-2,4,6-7,9-10,12,17H2/t14-,16-/m1/s1. The summed E-state index contributed by atoms with van der Waals surface area (Å²) in [6.07, 6.45) is 6.17. The molecule has 1 aliphatic carbocycles. The molecule has 2 rings (SSSR count). The van der Waals surface area contributed by atoms with Gasteiger partial charge >= 0.3 is 0 Å². The molecule has 3 nitrogen and oxygen atoms in total. The molecule has 3 heteroatoms. The third-order valence-electron chi connectivity index (χ3n) is 3.90. The van der Waals surface area contributed by atoms with Crippen LogP contribution in [0.2, 0.25) is 0 Å². The van der Waals surface area contributed by atoms with Crippen molar-refractivity contribution in [3.63, 3.8) is 0 Å². The van der Waals surface area contributed by atoms with Crippen molar-refractivity contribution in [2.75, 3.05) is 13.2 Å². The van der Waals surface area contributed by atoms with Crippen LogP contribution in [0.1, 0.15) is 37.7 Å². The fourth-order valence-corrected chi connectivity index (χ4v) is 2.68. The Bertz CT molecular complexity index is 381. The van der Waals surface area contributed by atoms with E-state index in [1.54, 1.807) is 0 Å². The molecule has 0 saturated heterocycles. The lowest BCUT2D eigenvalue weighted by atomic mass is 9.87. The van der Waals surface area contributed by atoms with E-state index in [1.807, 2.05) is 12.1 Å². The van der Waals surface area contributed by atoms with Crippen molar-refractivity contribution in [3.05, 3.63) is 29.8 Å². The van der Waals surface area contributed by atoms with E-state index >= 15 is 0 Å². The Morgan fingerprint density at radius 1 is 1.26 bits per heavy atom. The molecule has 0 bridgehead atoms. The molecule has 3 N–H and O–H groups in total. The molecule has 0 aromatic heterocycles. The van der Waals surface area contributed by atoms with Crippen LogP contribution in [0, 0.1) is 5.92 Å². The quantitative estimate of drug-likeness (QED) is 0.829. The van der Waals surface area contributed by atoms with E-state index in [4.69, 9.17) is 10.5 Å². The number of ether oxygens (including phenoxy) is 1. The van der Waals surface area contributed by atoms with E-state index in [1.165, 1.54) is 12.0 Å². The van der Waals surface area contributed by atoms with Gasteiger partial charge in [0.05, 0.1) is 12.7 Å². The van der Waals surface area contributed by atoms with E-state index < -0.39 is 0 Å². The molecule has 0 radical (unpaired) electrons. The van der Waals surface area contributed by atoms with Gasteiger partial charge in [-0.25, -0.2) is 0 Å². The predicted molar refractivity (Wildman–Crippen MR) is 77.3 cm³/mol. The number of rotatable bonds is 6. The third-order valence-corrected chi connectivity index (χ3v) is 3.90. The summed E-state index contributed by atoms with van der Waals surface area (Å²) < 4.78 is 5.85. The van der Waals surface area contributed by atoms with Crippen molar-refractivity contribution in [1.29, 1.82) is 0 Å². The van der Waals surface area contributed by atoms with Crippen LogP contribution in [0.5, 0.6) is 5.75 Å². The largest absolute Gasteiger partial charge is 0.493 e. The van der Waals surface area contributed by atoms with Crippen molar-refractivity contribution in [3.8, 4) is 5.75 Å². The zero-order chi connectivity index (χ0) is 13.5. The van der Waals surface area contributed by atoms with E-state index in [2.05, 4.69) is 12.1 Å². The zero-order valence-corrected chi connectivity index (χ0v) is 11.6. The van der Waals surface area contributed by atoms with Gasteiger partial charge in [0, 0.05) is 5.92 Å². The molecule has 0 heterocycles. The number of aryl methyl sites for hydroxylation is 1. The number of aliphatic hydroxyl groups excluding tert-OH is 1. The van der Waals surface area contributed by atoms with Crippen molar-refractivity contribution >= 4 is 0 Å². The summed E-state index contributed by atoms with van der Waals surface area (Å²) in [5, 5.41) is 9.92. The maximum atomic E-state index is 9.92. The van der Waals surface area contributed by atoms with Gasteiger partial charge in [0.2, 0.25) is 0 Å². The lowest BCUT2D eigenvalue weighted by molar-refractivity contribution is 0.0422. The first-order valence-corrected chi connectivity index (χ1v) is 7.39. The molecule has 0 unspecified atom stereocenters. The number of nitrogens with two attached hydrogens (primary N) is 1. The maximum Gasteiger partial charge on any atom is 0.119 e. The van der Waals surface area contributed by atoms with Crippen LogP contribution in [-0.2, 0) is 6.42 Å². The average Bonchev–Trinajstić information content (AvgIpc) is 2.45. The molecule has 1 aromatic rings. The van der Waals surface area contributed by atoms with E-state index in [0.717, 1.165) is 44.4 Å². The van der Waals surface area contributed by atoms with Crippen molar-refractivity contribution in [2.45, 2.75) is 44.6 Å². The van der Waals surface area contributed by atoms with Crippen molar-refractivity contribution in [2.24, 2.45) is 11.7 Å². The lowest BCUT2D eigenvalue weighted by Crippen LogP contribution is -2.29. The van der Waals surface area contributed by atoms with Crippen molar-refractivity contribution < 1.29 is 9.84 Å². The van der Waals surface area contributed by atoms with Gasteiger partial charge in [0.25, 0.3) is 0 Å². The molecule has 0 spiro atoms. The molecule has 1 saturated carbocycles. The summed E-state index contributed by atoms with van der Waals surface area (Å²) in [7, 11) is 0. The summed E-state index contributed by atoms with van der Waals surface area (Å²) in [6, 6.07) is 8.21. The Morgan fingerprint density at radius 2 is 2.11 bits per heavy atom. The predicted octanol–water partition coefficient (Wildman–Crippen LogP) is 2.51.